The van der Waals surface area contributed by atoms with E-state index in [0.717, 1.165) is 11.1 Å². The molecule has 1 aromatic carbocycles. The van der Waals surface area contributed by atoms with E-state index in [1.807, 2.05) is 43.3 Å². The summed E-state index contributed by atoms with van der Waals surface area (Å²) in [4.78, 5) is 11.1. The molecule has 0 atom stereocenters. The van der Waals surface area contributed by atoms with E-state index < -0.39 is 0 Å². The number of carbonyl (C=O) groups excluding carboxylic acids is 1. The quantitative estimate of drug-likeness (QED) is 0.570. The largest absolute Gasteiger partial charge is 0.466 e. The van der Waals surface area contributed by atoms with E-state index in [0.29, 0.717) is 12.0 Å². The highest BCUT2D eigenvalue weighted by Crippen LogP contribution is 2.15. The molecule has 84 valence electrons. The predicted octanol–water partition coefficient (Wildman–Crippen LogP) is 3.21. The second-order valence-electron chi connectivity index (χ2n) is 3.55. The van der Waals surface area contributed by atoms with Crippen molar-refractivity contribution in [2.24, 2.45) is 0 Å². The highest BCUT2D eigenvalue weighted by Gasteiger charge is 2.04. The Morgan fingerprint density at radius 2 is 2.00 bits per heavy atom. The fourth-order valence-corrected chi connectivity index (χ4v) is 1.32. The van der Waals surface area contributed by atoms with Crippen LogP contribution in [0.1, 0.15) is 18.9 Å². The number of hydrogen-bond donors (Lipinski definition) is 0. The fourth-order valence-electron chi connectivity index (χ4n) is 1.32. The maximum absolute atomic E-state index is 11.1. The molecule has 2 nitrogen and oxygen atoms in total. The van der Waals surface area contributed by atoms with Gasteiger partial charge in [-0.3, -0.25) is 0 Å². The molecular weight excluding hydrogens is 200 g/mol. The lowest BCUT2D eigenvalue weighted by Gasteiger charge is -2.02. The van der Waals surface area contributed by atoms with Crippen molar-refractivity contribution in [1.29, 1.82) is 0 Å². The van der Waals surface area contributed by atoms with E-state index in [-0.39, 0.29) is 5.97 Å². The third kappa shape index (κ3) is 3.39. The van der Waals surface area contributed by atoms with Crippen molar-refractivity contribution in [3.8, 4) is 0 Å². The molecule has 0 aliphatic heterocycles. The molecule has 0 saturated carbocycles. The Balaban J connectivity index is 2.65. The monoisotopic (exact) mass is 216 g/mol. The van der Waals surface area contributed by atoms with Gasteiger partial charge >= 0.3 is 5.97 Å². The van der Waals surface area contributed by atoms with Crippen LogP contribution in [-0.4, -0.2) is 13.1 Å². The minimum atomic E-state index is -0.350. The van der Waals surface area contributed by atoms with E-state index in [2.05, 4.69) is 11.3 Å². The first-order valence-electron chi connectivity index (χ1n) is 5.13. The van der Waals surface area contributed by atoms with E-state index in [9.17, 15) is 4.79 Å². The number of benzene rings is 1. The minimum Gasteiger partial charge on any atom is -0.466 e. The maximum atomic E-state index is 11.1. The highest BCUT2D eigenvalue weighted by atomic mass is 16.5. The average Bonchev–Trinajstić information content (AvgIpc) is 2.35. The SMILES string of the molecule is C=C(CC=C(C)c1ccccc1)C(=O)OC. The third-order valence-electron chi connectivity index (χ3n) is 2.36. The van der Waals surface area contributed by atoms with Crippen LogP contribution in [0.5, 0.6) is 0 Å². The Morgan fingerprint density at radius 1 is 1.38 bits per heavy atom. The van der Waals surface area contributed by atoms with Gasteiger partial charge in [0.05, 0.1) is 7.11 Å². The van der Waals surface area contributed by atoms with Gasteiger partial charge in [0.15, 0.2) is 0 Å². The number of esters is 1. The van der Waals surface area contributed by atoms with Gasteiger partial charge in [0.2, 0.25) is 0 Å². The third-order valence-corrected chi connectivity index (χ3v) is 2.36. The zero-order chi connectivity index (χ0) is 12.0. The smallest absolute Gasteiger partial charge is 0.333 e. The maximum Gasteiger partial charge on any atom is 0.333 e. The Hall–Kier alpha value is -1.83. The van der Waals surface area contributed by atoms with E-state index in [1.54, 1.807) is 0 Å². The molecule has 16 heavy (non-hydrogen) atoms. The predicted molar refractivity (Wildman–Crippen MR) is 65.9 cm³/mol. The fraction of sp³-hybridized carbons (Fsp3) is 0.214. The highest BCUT2D eigenvalue weighted by molar-refractivity contribution is 5.88. The summed E-state index contributed by atoms with van der Waals surface area (Å²) in [5.41, 5.74) is 2.75. The molecule has 0 aromatic heterocycles. The molecule has 0 amide bonds. The molecule has 0 unspecified atom stereocenters. The van der Waals surface area contributed by atoms with Gasteiger partial charge in [-0.05, 0) is 24.5 Å². The number of hydrogen-bond acceptors (Lipinski definition) is 2. The molecule has 0 bridgehead atoms. The lowest BCUT2D eigenvalue weighted by atomic mass is 10.1. The van der Waals surface area contributed by atoms with Gasteiger partial charge in [0.25, 0.3) is 0 Å². The van der Waals surface area contributed by atoms with Crippen molar-refractivity contribution in [1.82, 2.24) is 0 Å². The van der Waals surface area contributed by atoms with Crippen LogP contribution in [0.4, 0.5) is 0 Å². The van der Waals surface area contributed by atoms with Crippen LogP contribution < -0.4 is 0 Å². The van der Waals surface area contributed by atoms with Crippen molar-refractivity contribution in [2.45, 2.75) is 13.3 Å². The summed E-state index contributed by atoms with van der Waals surface area (Å²) in [6, 6.07) is 10.0. The summed E-state index contributed by atoms with van der Waals surface area (Å²) in [6.07, 6.45) is 2.50. The number of ether oxygens (including phenoxy) is 1. The summed E-state index contributed by atoms with van der Waals surface area (Å²) < 4.78 is 4.58. The molecule has 0 aliphatic rings. The number of methoxy groups -OCH3 is 1. The molecule has 1 rings (SSSR count). The molecule has 0 heterocycles. The number of carbonyl (C=O) groups is 1. The lowest BCUT2D eigenvalue weighted by molar-refractivity contribution is -0.136. The lowest BCUT2D eigenvalue weighted by Crippen LogP contribution is -2.02. The molecule has 0 saturated heterocycles. The van der Waals surface area contributed by atoms with Crippen LogP contribution in [0.2, 0.25) is 0 Å². The van der Waals surface area contributed by atoms with E-state index in [1.165, 1.54) is 7.11 Å². The number of rotatable bonds is 4. The molecule has 2 heteroatoms. The van der Waals surface area contributed by atoms with Crippen LogP contribution in [-0.2, 0) is 9.53 Å². The van der Waals surface area contributed by atoms with Gasteiger partial charge < -0.3 is 4.74 Å². The Labute approximate surface area is 96.2 Å². The standard InChI is InChI=1S/C14H16O2/c1-11(13-7-5-4-6-8-13)9-10-12(2)14(15)16-3/h4-9H,2,10H2,1,3H3. The van der Waals surface area contributed by atoms with Crippen molar-refractivity contribution < 1.29 is 9.53 Å². The van der Waals surface area contributed by atoms with Gasteiger partial charge in [0.1, 0.15) is 0 Å². The first-order chi connectivity index (χ1) is 7.65. The van der Waals surface area contributed by atoms with Crippen molar-refractivity contribution in [3.05, 3.63) is 54.1 Å². The first kappa shape index (κ1) is 12.2. The van der Waals surface area contributed by atoms with Gasteiger partial charge in [-0.1, -0.05) is 43.0 Å². The summed E-state index contributed by atoms with van der Waals surface area (Å²) in [6.45, 7) is 5.69. The van der Waals surface area contributed by atoms with E-state index >= 15 is 0 Å². The Kier molecular flexibility index (Phi) is 4.52. The molecule has 0 N–H and O–H groups in total. The second-order valence-corrected chi connectivity index (χ2v) is 3.55. The van der Waals surface area contributed by atoms with Crippen LogP contribution >= 0.6 is 0 Å². The second kappa shape index (κ2) is 5.91. The Bertz CT molecular complexity index is 402. The molecule has 1 aromatic rings. The topological polar surface area (TPSA) is 26.3 Å². The van der Waals surface area contributed by atoms with Crippen molar-refractivity contribution >= 4 is 11.5 Å². The van der Waals surface area contributed by atoms with Crippen LogP contribution in [0.15, 0.2) is 48.6 Å². The zero-order valence-electron chi connectivity index (χ0n) is 9.69. The van der Waals surface area contributed by atoms with Crippen molar-refractivity contribution in [2.75, 3.05) is 7.11 Å². The van der Waals surface area contributed by atoms with Crippen molar-refractivity contribution in [3.63, 3.8) is 0 Å². The zero-order valence-corrected chi connectivity index (χ0v) is 9.69. The Morgan fingerprint density at radius 3 is 2.56 bits per heavy atom. The summed E-state index contributed by atoms with van der Waals surface area (Å²) >= 11 is 0. The van der Waals surface area contributed by atoms with Crippen LogP contribution in [0.3, 0.4) is 0 Å². The summed E-state index contributed by atoms with van der Waals surface area (Å²) in [5.74, 6) is -0.350. The van der Waals surface area contributed by atoms with Gasteiger partial charge in [-0.15, -0.1) is 0 Å². The van der Waals surface area contributed by atoms with Gasteiger partial charge in [-0.2, -0.15) is 0 Å². The molecule has 0 spiro atoms. The van der Waals surface area contributed by atoms with E-state index in [4.69, 9.17) is 0 Å². The summed E-state index contributed by atoms with van der Waals surface area (Å²) in [7, 11) is 1.36. The average molecular weight is 216 g/mol. The molecular formula is C14H16O2. The first-order valence-corrected chi connectivity index (χ1v) is 5.13. The minimum absolute atomic E-state index is 0.350. The normalized spacial score (nSPS) is 11.0. The van der Waals surface area contributed by atoms with Gasteiger partial charge in [0, 0.05) is 5.57 Å². The molecule has 0 radical (unpaired) electrons. The van der Waals surface area contributed by atoms with Crippen LogP contribution in [0.25, 0.3) is 5.57 Å². The number of allylic oxidation sites excluding steroid dienone is 2. The van der Waals surface area contributed by atoms with Crippen LogP contribution in [0, 0.1) is 0 Å². The molecule has 0 fully saturated rings. The summed E-state index contributed by atoms with van der Waals surface area (Å²) in [5, 5.41) is 0. The molecule has 0 aliphatic carbocycles. The van der Waals surface area contributed by atoms with Gasteiger partial charge in [-0.25, -0.2) is 4.79 Å².